The second kappa shape index (κ2) is 4.88. The van der Waals surface area contributed by atoms with E-state index in [1.54, 1.807) is 0 Å². The van der Waals surface area contributed by atoms with Gasteiger partial charge in [-0.1, -0.05) is 19.3 Å². The van der Waals surface area contributed by atoms with Crippen molar-refractivity contribution in [2.24, 2.45) is 10.2 Å². The van der Waals surface area contributed by atoms with Crippen LogP contribution < -0.4 is 0 Å². The largest absolute Gasteiger partial charge is 0.466 e. The Morgan fingerprint density at radius 3 is 2.22 bits per heavy atom. The monoisotopic (exact) mass is 252 g/mol. The van der Waals surface area contributed by atoms with Gasteiger partial charge in [0.05, 0.1) is 14.2 Å². The van der Waals surface area contributed by atoms with E-state index in [9.17, 15) is 9.59 Å². The molecule has 18 heavy (non-hydrogen) atoms. The molecule has 0 bridgehead atoms. The summed E-state index contributed by atoms with van der Waals surface area (Å²) in [6, 6.07) is 0. The summed E-state index contributed by atoms with van der Waals surface area (Å²) in [6.45, 7) is 0. The Morgan fingerprint density at radius 1 is 1.06 bits per heavy atom. The van der Waals surface area contributed by atoms with Gasteiger partial charge in [-0.15, -0.1) is 5.11 Å². The number of azo groups is 1. The second-order valence-electron chi connectivity index (χ2n) is 4.50. The van der Waals surface area contributed by atoms with E-state index in [1.165, 1.54) is 14.2 Å². The number of hydrogen-bond donors (Lipinski definition) is 0. The highest BCUT2D eigenvalue weighted by molar-refractivity contribution is 6.02. The number of nitrogens with zero attached hydrogens (tertiary/aromatic N) is 2. The van der Waals surface area contributed by atoms with Crippen molar-refractivity contribution in [3.63, 3.8) is 0 Å². The molecule has 0 saturated heterocycles. The molecule has 2 aliphatic rings. The molecule has 1 saturated carbocycles. The average Bonchev–Trinajstić information content (AvgIpc) is 2.77. The first-order valence-corrected chi connectivity index (χ1v) is 5.99. The third-order valence-electron chi connectivity index (χ3n) is 3.49. The number of esters is 2. The smallest absolute Gasteiger partial charge is 0.359 e. The molecule has 0 unspecified atom stereocenters. The minimum atomic E-state index is -0.672. The lowest BCUT2D eigenvalue weighted by Crippen LogP contribution is -2.35. The summed E-state index contributed by atoms with van der Waals surface area (Å²) in [5.74, 6) is -1.18. The van der Waals surface area contributed by atoms with Gasteiger partial charge < -0.3 is 9.47 Å². The molecule has 98 valence electrons. The zero-order valence-corrected chi connectivity index (χ0v) is 10.6. The summed E-state index contributed by atoms with van der Waals surface area (Å²) in [7, 11) is 2.55. The minimum Gasteiger partial charge on any atom is -0.466 e. The van der Waals surface area contributed by atoms with Gasteiger partial charge in [0.15, 0.2) is 5.70 Å². The van der Waals surface area contributed by atoms with Crippen LogP contribution in [0, 0.1) is 0 Å². The fraction of sp³-hybridized carbons (Fsp3) is 0.667. The molecule has 0 radical (unpaired) electrons. The molecule has 0 N–H and O–H groups in total. The SMILES string of the molecule is COC(=O)C1=C(C(=O)OC)C2(CCCCC2)N=N1. The lowest BCUT2D eigenvalue weighted by molar-refractivity contribution is -0.139. The van der Waals surface area contributed by atoms with Crippen molar-refractivity contribution >= 4 is 11.9 Å². The molecular formula is C12H16N2O4. The number of carbonyl (C=O) groups excluding carboxylic acids is 2. The van der Waals surface area contributed by atoms with Crippen molar-refractivity contribution in [3.05, 3.63) is 11.3 Å². The fourth-order valence-electron chi connectivity index (χ4n) is 2.58. The lowest BCUT2D eigenvalue weighted by atomic mass is 9.76. The number of carbonyl (C=O) groups is 2. The van der Waals surface area contributed by atoms with E-state index in [0.717, 1.165) is 32.1 Å². The third kappa shape index (κ3) is 1.91. The summed E-state index contributed by atoms with van der Waals surface area (Å²) in [6.07, 6.45) is 4.49. The van der Waals surface area contributed by atoms with E-state index >= 15 is 0 Å². The third-order valence-corrected chi connectivity index (χ3v) is 3.49. The highest BCUT2D eigenvalue weighted by Gasteiger charge is 2.47. The Hall–Kier alpha value is -1.72. The molecule has 1 spiro atoms. The molecule has 1 fully saturated rings. The number of methoxy groups -OCH3 is 2. The summed E-state index contributed by atoms with van der Waals surface area (Å²) in [5.41, 5.74) is -0.419. The summed E-state index contributed by atoms with van der Waals surface area (Å²) in [4.78, 5) is 23.5. The van der Waals surface area contributed by atoms with Gasteiger partial charge in [0.25, 0.3) is 0 Å². The molecule has 1 aliphatic heterocycles. The predicted octanol–water partition coefficient (Wildman–Crippen LogP) is 1.76. The van der Waals surface area contributed by atoms with Crippen LogP contribution in [0.2, 0.25) is 0 Å². The maximum atomic E-state index is 11.9. The van der Waals surface area contributed by atoms with Gasteiger partial charge in [-0.3, -0.25) is 0 Å². The zero-order chi connectivity index (χ0) is 13.2. The standard InChI is InChI=1S/C12H16N2O4/c1-17-10(15)8-9(11(16)18-2)13-14-12(8)6-4-3-5-7-12/h3-7H2,1-2H3. The maximum Gasteiger partial charge on any atom is 0.359 e. The Labute approximate surface area is 105 Å². The quantitative estimate of drug-likeness (QED) is 0.701. The Kier molecular flexibility index (Phi) is 3.45. The Bertz CT molecular complexity index is 433. The van der Waals surface area contributed by atoms with Gasteiger partial charge in [0, 0.05) is 0 Å². The first kappa shape index (κ1) is 12.7. The van der Waals surface area contributed by atoms with Crippen LogP contribution in [-0.4, -0.2) is 31.7 Å². The summed E-state index contributed by atoms with van der Waals surface area (Å²) < 4.78 is 9.40. The highest BCUT2D eigenvalue weighted by atomic mass is 16.5. The molecule has 0 amide bonds. The molecule has 0 aromatic rings. The normalized spacial score (nSPS) is 21.2. The molecule has 0 aromatic heterocycles. The first-order chi connectivity index (χ1) is 8.64. The van der Waals surface area contributed by atoms with Gasteiger partial charge in [-0.2, -0.15) is 5.11 Å². The van der Waals surface area contributed by atoms with E-state index in [4.69, 9.17) is 4.74 Å². The van der Waals surface area contributed by atoms with Crippen molar-refractivity contribution in [2.75, 3.05) is 14.2 Å². The fourth-order valence-corrected chi connectivity index (χ4v) is 2.58. The van der Waals surface area contributed by atoms with Crippen LogP contribution in [0.15, 0.2) is 21.5 Å². The van der Waals surface area contributed by atoms with Crippen LogP contribution in [0.3, 0.4) is 0 Å². The second-order valence-corrected chi connectivity index (χ2v) is 4.50. The van der Waals surface area contributed by atoms with Gasteiger partial charge >= 0.3 is 11.9 Å². The van der Waals surface area contributed by atoms with Crippen molar-refractivity contribution in [1.29, 1.82) is 0 Å². The van der Waals surface area contributed by atoms with E-state index in [1.807, 2.05) is 0 Å². The molecule has 2 rings (SSSR count). The summed E-state index contributed by atoms with van der Waals surface area (Å²) >= 11 is 0. The van der Waals surface area contributed by atoms with Crippen LogP contribution in [0.5, 0.6) is 0 Å². The molecule has 6 heteroatoms. The van der Waals surface area contributed by atoms with Crippen molar-refractivity contribution in [1.82, 2.24) is 0 Å². The van der Waals surface area contributed by atoms with Crippen LogP contribution in [0.25, 0.3) is 0 Å². The van der Waals surface area contributed by atoms with Gasteiger partial charge in [-0.25, -0.2) is 9.59 Å². The molecule has 1 heterocycles. The van der Waals surface area contributed by atoms with Crippen molar-refractivity contribution in [2.45, 2.75) is 37.6 Å². The van der Waals surface area contributed by atoms with Crippen molar-refractivity contribution in [3.8, 4) is 0 Å². The van der Waals surface area contributed by atoms with Crippen LogP contribution in [0.4, 0.5) is 0 Å². The lowest BCUT2D eigenvalue weighted by Gasteiger charge is -2.30. The molecule has 6 nitrogen and oxygen atoms in total. The molecule has 1 aliphatic carbocycles. The average molecular weight is 252 g/mol. The Morgan fingerprint density at radius 2 is 1.67 bits per heavy atom. The molecule has 0 aromatic carbocycles. The highest BCUT2D eigenvalue weighted by Crippen LogP contribution is 2.44. The topological polar surface area (TPSA) is 77.3 Å². The van der Waals surface area contributed by atoms with Crippen LogP contribution in [0.1, 0.15) is 32.1 Å². The van der Waals surface area contributed by atoms with E-state index in [-0.39, 0.29) is 11.3 Å². The minimum absolute atomic E-state index is 0.00810. The molecule has 0 atom stereocenters. The summed E-state index contributed by atoms with van der Waals surface area (Å²) in [5, 5.41) is 8.04. The van der Waals surface area contributed by atoms with Gasteiger partial charge in [-0.05, 0) is 12.8 Å². The number of ether oxygens (including phenoxy) is 2. The van der Waals surface area contributed by atoms with Crippen LogP contribution >= 0.6 is 0 Å². The van der Waals surface area contributed by atoms with Crippen LogP contribution in [-0.2, 0) is 19.1 Å². The van der Waals surface area contributed by atoms with E-state index in [2.05, 4.69) is 15.0 Å². The van der Waals surface area contributed by atoms with Gasteiger partial charge in [0.1, 0.15) is 11.1 Å². The van der Waals surface area contributed by atoms with E-state index < -0.39 is 17.5 Å². The Balaban J connectivity index is 2.44. The first-order valence-electron chi connectivity index (χ1n) is 5.99. The maximum absolute atomic E-state index is 11.9. The zero-order valence-electron chi connectivity index (χ0n) is 10.6. The van der Waals surface area contributed by atoms with E-state index in [0.29, 0.717) is 0 Å². The number of hydrogen-bond acceptors (Lipinski definition) is 6. The predicted molar refractivity (Wildman–Crippen MR) is 61.7 cm³/mol. The van der Waals surface area contributed by atoms with Crippen molar-refractivity contribution < 1.29 is 19.1 Å². The van der Waals surface area contributed by atoms with Gasteiger partial charge in [0.2, 0.25) is 0 Å². The number of rotatable bonds is 2. The molecular weight excluding hydrogens is 236 g/mol.